The predicted octanol–water partition coefficient (Wildman–Crippen LogP) is 5.14. The summed E-state index contributed by atoms with van der Waals surface area (Å²) in [6.07, 6.45) is 5.92. The van der Waals surface area contributed by atoms with Crippen molar-refractivity contribution in [2.24, 2.45) is 5.92 Å². The van der Waals surface area contributed by atoms with E-state index in [0.717, 1.165) is 59.8 Å². The van der Waals surface area contributed by atoms with Crippen molar-refractivity contribution in [3.05, 3.63) is 63.6 Å². The van der Waals surface area contributed by atoms with Crippen molar-refractivity contribution in [3.8, 4) is 5.75 Å². The van der Waals surface area contributed by atoms with Crippen molar-refractivity contribution in [2.75, 3.05) is 33.8 Å². The highest BCUT2D eigenvalue weighted by Gasteiger charge is 2.62. The third-order valence-electron chi connectivity index (χ3n) is 8.85. The quantitative estimate of drug-likeness (QED) is 0.486. The highest BCUT2D eigenvalue weighted by atomic mass is 35.5. The largest absolute Gasteiger partial charge is 0.497 e. The van der Waals surface area contributed by atoms with Crippen LogP contribution in [0.4, 0.5) is 0 Å². The Morgan fingerprint density at radius 2 is 1.94 bits per heavy atom. The van der Waals surface area contributed by atoms with Crippen LogP contribution in [0.25, 0.3) is 0 Å². The average molecular weight is 533 g/mol. The molecule has 1 saturated heterocycles. The molecule has 2 aromatic carbocycles. The van der Waals surface area contributed by atoms with Gasteiger partial charge >= 0.3 is 0 Å². The number of methoxy groups -OCH3 is 1. The van der Waals surface area contributed by atoms with Crippen LogP contribution in [0.15, 0.2) is 42.5 Å². The lowest BCUT2D eigenvalue weighted by atomic mass is 9.55. The Morgan fingerprint density at radius 1 is 1.14 bits per heavy atom. The molecule has 4 atom stereocenters. The first-order valence-corrected chi connectivity index (χ1v) is 13.8. The summed E-state index contributed by atoms with van der Waals surface area (Å²) in [6.45, 7) is 2.94. The molecule has 3 aliphatic rings. The third kappa shape index (κ3) is 5.13. The molecular weight excluding hydrogens is 495 g/mol. The first-order chi connectivity index (χ1) is 17.1. The monoisotopic (exact) mass is 531 g/mol. The minimum Gasteiger partial charge on any atom is -0.497 e. The number of ether oxygens (including phenoxy) is 1. The Kier molecular flexibility index (Phi) is 7.05. The zero-order valence-electron chi connectivity index (χ0n) is 21.2. The molecule has 5 nitrogen and oxygen atoms in total. The van der Waals surface area contributed by atoms with Crippen molar-refractivity contribution in [1.82, 2.24) is 5.32 Å². The van der Waals surface area contributed by atoms with Gasteiger partial charge in [0.2, 0.25) is 5.91 Å². The number of carbonyl (C=O) groups is 1. The Hall–Kier alpha value is -1.79. The Morgan fingerprint density at radius 3 is 2.67 bits per heavy atom. The predicted molar refractivity (Wildman–Crippen MR) is 144 cm³/mol. The van der Waals surface area contributed by atoms with Gasteiger partial charge in [0.15, 0.2) is 0 Å². The number of benzene rings is 2. The van der Waals surface area contributed by atoms with E-state index in [1.807, 2.05) is 18.2 Å². The van der Waals surface area contributed by atoms with Crippen molar-refractivity contribution < 1.29 is 19.1 Å². The standard InChI is InChI=1S/C29H36Cl2N2O3/c1-33(18-20-6-7-20)13-12-28(22-4-3-5-24(16-22)36-2)17-23(10-11-29(28,35)19-33)32-27(34)15-21-8-9-25(30)26(31)14-21/h3-5,8-9,14,16,20,23,35H,6-7,10-13,15,17-19H2,1-2H3/p+1/t23-,28+,29?,33-/m1/s1. The molecule has 7 heteroatoms. The van der Waals surface area contributed by atoms with Crippen molar-refractivity contribution in [3.63, 3.8) is 0 Å². The van der Waals surface area contributed by atoms with E-state index < -0.39 is 11.0 Å². The fraction of sp³-hybridized carbons (Fsp3) is 0.552. The highest BCUT2D eigenvalue weighted by molar-refractivity contribution is 6.42. The van der Waals surface area contributed by atoms with Gasteiger partial charge in [-0.1, -0.05) is 41.4 Å². The van der Waals surface area contributed by atoms with Crippen molar-refractivity contribution >= 4 is 29.1 Å². The highest BCUT2D eigenvalue weighted by Crippen LogP contribution is 2.53. The number of hydrogen-bond donors (Lipinski definition) is 2. The maximum atomic E-state index is 13.0. The van der Waals surface area contributed by atoms with Crippen LogP contribution in [-0.2, 0) is 16.6 Å². The first-order valence-electron chi connectivity index (χ1n) is 13.1. The molecule has 2 aromatic rings. The number of hydrogen-bond acceptors (Lipinski definition) is 3. The van der Waals surface area contributed by atoms with E-state index >= 15 is 0 Å². The SMILES string of the molecule is COc1cccc([C@@]23CC[N@+](C)(CC4CC4)CC2(O)CC[C@@H](NC(=O)Cc2ccc(Cl)c(Cl)c2)C3)c1. The normalized spacial score (nSPS) is 32.0. The van der Waals surface area contributed by atoms with Gasteiger partial charge in [-0.05, 0) is 67.5 Å². The molecule has 0 aromatic heterocycles. The summed E-state index contributed by atoms with van der Waals surface area (Å²) in [4.78, 5) is 13.0. The zero-order valence-corrected chi connectivity index (χ0v) is 22.7. The Balaban J connectivity index is 1.38. The number of carbonyl (C=O) groups excluding carboxylic acids is 1. The van der Waals surface area contributed by atoms with Crippen LogP contribution in [0, 0.1) is 5.92 Å². The van der Waals surface area contributed by atoms with Gasteiger partial charge in [-0.3, -0.25) is 4.79 Å². The topological polar surface area (TPSA) is 58.6 Å². The molecule has 3 fully saturated rings. The smallest absolute Gasteiger partial charge is 0.224 e. The second-order valence-corrected chi connectivity index (χ2v) is 12.5. The molecule has 0 radical (unpaired) electrons. The molecule has 0 bridgehead atoms. The molecule has 36 heavy (non-hydrogen) atoms. The number of rotatable bonds is 7. The number of nitrogens with zero attached hydrogens (tertiary/aromatic N) is 1. The van der Waals surface area contributed by atoms with E-state index in [0.29, 0.717) is 22.9 Å². The van der Waals surface area contributed by atoms with Crippen LogP contribution in [0.5, 0.6) is 5.75 Å². The van der Waals surface area contributed by atoms with Gasteiger partial charge in [0.1, 0.15) is 17.9 Å². The molecule has 1 unspecified atom stereocenters. The molecule has 2 N–H and O–H groups in total. The fourth-order valence-electron chi connectivity index (χ4n) is 6.87. The van der Waals surface area contributed by atoms with Crippen LogP contribution in [0.2, 0.25) is 10.0 Å². The van der Waals surface area contributed by atoms with Crippen LogP contribution >= 0.6 is 23.2 Å². The van der Waals surface area contributed by atoms with E-state index in [1.54, 1.807) is 19.2 Å². The number of halogens is 2. The molecule has 1 aliphatic heterocycles. The number of nitrogens with one attached hydrogen (secondary N) is 1. The average Bonchev–Trinajstić information content (AvgIpc) is 3.65. The Bertz CT molecular complexity index is 1140. The van der Waals surface area contributed by atoms with Crippen LogP contribution in [0.1, 0.15) is 49.7 Å². The van der Waals surface area contributed by atoms with Gasteiger partial charge in [0.05, 0.1) is 43.7 Å². The number of likely N-dealkylation sites (tertiary alicyclic amines) is 1. The maximum Gasteiger partial charge on any atom is 0.224 e. The summed E-state index contributed by atoms with van der Waals surface area (Å²) in [6, 6.07) is 13.5. The second-order valence-electron chi connectivity index (χ2n) is 11.7. The van der Waals surface area contributed by atoms with Gasteiger partial charge in [0, 0.05) is 23.8 Å². The van der Waals surface area contributed by atoms with Gasteiger partial charge in [-0.25, -0.2) is 0 Å². The van der Waals surface area contributed by atoms with E-state index in [9.17, 15) is 9.90 Å². The molecule has 194 valence electrons. The summed E-state index contributed by atoms with van der Waals surface area (Å²) >= 11 is 12.2. The van der Waals surface area contributed by atoms with E-state index in [1.165, 1.54) is 12.8 Å². The number of likely N-dealkylation sites (N-methyl/N-ethyl adjacent to an activating group) is 1. The van der Waals surface area contributed by atoms with Gasteiger partial charge in [-0.15, -0.1) is 0 Å². The molecule has 1 amide bonds. The number of amides is 1. The summed E-state index contributed by atoms with van der Waals surface area (Å²) in [5.41, 5.74) is 0.697. The summed E-state index contributed by atoms with van der Waals surface area (Å²) in [5, 5.41) is 16.6. The number of quaternary nitrogens is 1. The second kappa shape index (κ2) is 9.83. The lowest BCUT2D eigenvalue weighted by Crippen LogP contribution is -2.71. The van der Waals surface area contributed by atoms with E-state index in [-0.39, 0.29) is 18.4 Å². The van der Waals surface area contributed by atoms with E-state index in [2.05, 4.69) is 24.5 Å². The maximum absolute atomic E-state index is 13.0. The van der Waals surface area contributed by atoms with E-state index in [4.69, 9.17) is 27.9 Å². The van der Waals surface area contributed by atoms with Crippen LogP contribution in [-0.4, -0.2) is 60.9 Å². The first kappa shape index (κ1) is 25.8. The lowest BCUT2D eigenvalue weighted by Gasteiger charge is -2.59. The van der Waals surface area contributed by atoms with Crippen molar-refractivity contribution in [2.45, 2.75) is 62.0 Å². The number of aliphatic hydroxyl groups is 1. The van der Waals surface area contributed by atoms with Crippen LogP contribution in [0.3, 0.4) is 0 Å². The summed E-state index contributed by atoms with van der Waals surface area (Å²) < 4.78 is 6.49. The molecule has 2 aliphatic carbocycles. The van der Waals surface area contributed by atoms with Crippen LogP contribution < -0.4 is 10.1 Å². The lowest BCUT2D eigenvalue weighted by molar-refractivity contribution is -0.925. The summed E-state index contributed by atoms with van der Waals surface area (Å²) in [7, 11) is 4.00. The minimum absolute atomic E-state index is 0.00737. The van der Waals surface area contributed by atoms with Crippen molar-refractivity contribution in [1.29, 1.82) is 0 Å². The van der Waals surface area contributed by atoms with Gasteiger partial charge < -0.3 is 19.6 Å². The molecule has 2 saturated carbocycles. The fourth-order valence-corrected chi connectivity index (χ4v) is 7.19. The molecule has 5 rings (SSSR count). The molecular formula is C29H37Cl2N2O3+. The minimum atomic E-state index is -0.827. The molecule has 0 spiro atoms. The number of piperidine rings is 1. The molecule has 1 heterocycles. The van der Waals surface area contributed by atoms with Gasteiger partial charge in [0.25, 0.3) is 0 Å². The summed E-state index contributed by atoms with van der Waals surface area (Å²) in [5.74, 6) is 1.57. The Labute approximate surface area is 224 Å². The third-order valence-corrected chi connectivity index (χ3v) is 9.58. The zero-order chi connectivity index (χ0) is 25.6. The number of fused-ring (bicyclic) bond motifs is 1. The van der Waals surface area contributed by atoms with Gasteiger partial charge in [-0.2, -0.15) is 0 Å².